The van der Waals surface area contributed by atoms with E-state index in [-0.39, 0.29) is 23.5 Å². The molecule has 0 atom stereocenters. The highest BCUT2D eigenvalue weighted by Gasteiger charge is 2.13. The van der Waals surface area contributed by atoms with Gasteiger partial charge in [-0.25, -0.2) is 0 Å². The van der Waals surface area contributed by atoms with E-state index in [9.17, 15) is 9.59 Å². The third-order valence-electron chi connectivity index (χ3n) is 5.21. The summed E-state index contributed by atoms with van der Waals surface area (Å²) >= 11 is 6.10. The minimum absolute atomic E-state index is 0.145. The standard InChI is InChI=1S/C24H24ClN5O4/c1-3-34-18-10-8-17(9-11-18)29-13-14-30-21(27-28-23(30)24(29)32)5-4-6-22(31)26-16-7-12-20(33-2)19(25)15-16/h7-15H,3-6H2,1-2H3,(H,26,31). The maximum absolute atomic E-state index is 12.9. The second kappa shape index (κ2) is 10.4. The lowest BCUT2D eigenvalue weighted by atomic mass is 10.2. The van der Waals surface area contributed by atoms with Gasteiger partial charge in [-0.15, -0.1) is 10.2 Å². The highest BCUT2D eigenvalue weighted by molar-refractivity contribution is 6.32. The van der Waals surface area contributed by atoms with Crippen molar-refractivity contribution in [2.24, 2.45) is 0 Å². The highest BCUT2D eigenvalue weighted by Crippen LogP contribution is 2.27. The summed E-state index contributed by atoms with van der Waals surface area (Å²) < 4.78 is 13.7. The van der Waals surface area contributed by atoms with Crippen molar-refractivity contribution in [1.82, 2.24) is 19.2 Å². The molecule has 0 spiro atoms. The van der Waals surface area contributed by atoms with Crippen LogP contribution in [0.15, 0.2) is 59.7 Å². The Morgan fingerprint density at radius 3 is 2.62 bits per heavy atom. The number of amides is 1. The normalized spacial score (nSPS) is 10.9. The number of benzene rings is 2. The third-order valence-corrected chi connectivity index (χ3v) is 5.50. The van der Waals surface area contributed by atoms with Crippen LogP contribution in [0.3, 0.4) is 0 Å². The Balaban J connectivity index is 1.40. The molecule has 176 valence electrons. The number of methoxy groups -OCH3 is 1. The van der Waals surface area contributed by atoms with E-state index in [2.05, 4.69) is 15.5 Å². The molecule has 0 radical (unpaired) electrons. The first-order valence-electron chi connectivity index (χ1n) is 10.8. The average molecular weight is 482 g/mol. The lowest BCUT2D eigenvalue weighted by Crippen LogP contribution is -2.20. The topological polar surface area (TPSA) is 99.8 Å². The number of carbonyl (C=O) groups excluding carboxylic acids is 1. The van der Waals surface area contributed by atoms with Crippen molar-refractivity contribution in [3.63, 3.8) is 0 Å². The molecule has 0 unspecified atom stereocenters. The lowest BCUT2D eigenvalue weighted by Gasteiger charge is -2.09. The molecule has 0 bridgehead atoms. The maximum Gasteiger partial charge on any atom is 0.300 e. The molecule has 4 aromatic rings. The zero-order chi connectivity index (χ0) is 24.1. The van der Waals surface area contributed by atoms with Gasteiger partial charge in [0, 0.05) is 36.6 Å². The molecule has 2 aromatic carbocycles. The number of fused-ring (bicyclic) bond motifs is 1. The van der Waals surface area contributed by atoms with Gasteiger partial charge >= 0.3 is 5.56 Å². The van der Waals surface area contributed by atoms with Crippen LogP contribution in [0.2, 0.25) is 5.02 Å². The minimum atomic E-state index is -0.278. The molecular weight excluding hydrogens is 458 g/mol. The van der Waals surface area contributed by atoms with E-state index in [1.54, 1.807) is 35.0 Å². The quantitative estimate of drug-likeness (QED) is 0.389. The van der Waals surface area contributed by atoms with Crippen LogP contribution in [0.5, 0.6) is 11.5 Å². The number of carbonyl (C=O) groups is 1. The van der Waals surface area contributed by atoms with Crippen LogP contribution in [0, 0.1) is 0 Å². The first-order valence-corrected chi connectivity index (χ1v) is 11.2. The molecule has 10 heteroatoms. The SMILES string of the molecule is CCOc1ccc(-n2ccn3c(CCCC(=O)Nc4ccc(OC)c(Cl)c4)nnc3c2=O)cc1. The molecule has 0 fully saturated rings. The smallest absolute Gasteiger partial charge is 0.300 e. The molecule has 0 aliphatic carbocycles. The molecule has 1 amide bonds. The van der Waals surface area contributed by atoms with Crippen LogP contribution < -0.4 is 20.3 Å². The number of anilines is 1. The van der Waals surface area contributed by atoms with E-state index in [4.69, 9.17) is 21.1 Å². The Morgan fingerprint density at radius 2 is 1.91 bits per heavy atom. The first kappa shape index (κ1) is 23.3. The molecule has 9 nitrogen and oxygen atoms in total. The van der Waals surface area contributed by atoms with E-state index in [0.29, 0.717) is 47.4 Å². The average Bonchev–Trinajstić information content (AvgIpc) is 3.24. The number of aryl methyl sites for hydroxylation is 1. The Labute approximate surface area is 200 Å². The van der Waals surface area contributed by atoms with Gasteiger partial charge in [-0.1, -0.05) is 11.6 Å². The summed E-state index contributed by atoms with van der Waals surface area (Å²) in [6.45, 7) is 2.49. The Hall–Kier alpha value is -3.85. The summed E-state index contributed by atoms with van der Waals surface area (Å²) in [4.78, 5) is 25.2. The summed E-state index contributed by atoms with van der Waals surface area (Å²) in [6.07, 6.45) is 4.74. The van der Waals surface area contributed by atoms with E-state index in [1.807, 2.05) is 31.2 Å². The molecule has 2 aromatic heterocycles. The summed E-state index contributed by atoms with van der Waals surface area (Å²) in [5, 5.41) is 11.5. The van der Waals surface area contributed by atoms with Gasteiger partial charge in [0.15, 0.2) is 0 Å². The maximum atomic E-state index is 12.9. The zero-order valence-corrected chi connectivity index (χ0v) is 19.6. The van der Waals surface area contributed by atoms with Crippen molar-refractivity contribution in [3.8, 4) is 17.2 Å². The molecule has 0 saturated heterocycles. The second-order valence-electron chi connectivity index (χ2n) is 7.46. The van der Waals surface area contributed by atoms with E-state index < -0.39 is 0 Å². The van der Waals surface area contributed by atoms with Gasteiger partial charge in [0.05, 0.1) is 18.7 Å². The lowest BCUT2D eigenvalue weighted by molar-refractivity contribution is -0.116. The number of ether oxygens (including phenoxy) is 2. The number of hydrogen-bond donors (Lipinski definition) is 1. The van der Waals surface area contributed by atoms with Crippen LogP contribution in [0.25, 0.3) is 11.3 Å². The van der Waals surface area contributed by atoms with Gasteiger partial charge in [-0.05, 0) is 55.8 Å². The Kier molecular flexibility index (Phi) is 7.12. The van der Waals surface area contributed by atoms with Crippen molar-refractivity contribution in [1.29, 1.82) is 0 Å². The molecule has 34 heavy (non-hydrogen) atoms. The van der Waals surface area contributed by atoms with Crippen molar-refractivity contribution in [2.75, 3.05) is 19.0 Å². The highest BCUT2D eigenvalue weighted by atomic mass is 35.5. The van der Waals surface area contributed by atoms with Gasteiger partial charge in [-0.2, -0.15) is 0 Å². The van der Waals surface area contributed by atoms with Crippen LogP contribution in [0.1, 0.15) is 25.6 Å². The number of hydrogen-bond acceptors (Lipinski definition) is 6. The van der Waals surface area contributed by atoms with Gasteiger partial charge in [0.2, 0.25) is 11.6 Å². The summed E-state index contributed by atoms with van der Waals surface area (Å²) in [7, 11) is 1.53. The van der Waals surface area contributed by atoms with Gasteiger partial charge < -0.3 is 14.8 Å². The minimum Gasteiger partial charge on any atom is -0.495 e. The predicted molar refractivity (Wildman–Crippen MR) is 129 cm³/mol. The fourth-order valence-electron chi connectivity index (χ4n) is 3.55. The second-order valence-corrected chi connectivity index (χ2v) is 7.87. The first-order chi connectivity index (χ1) is 16.5. The molecule has 0 saturated carbocycles. The molecular formula is C24H24ClN5O4. The van der Waals surface area contributed by atoms with Crippen LogP contribution >= 0.6 is 11.6 Å². The largest absolute Gasteiger partial charge is 0.495 e. The fourth-order valence-corrected chi connectivity index (χ4v) is 3.81. The molecule has 4 rings (SSSR count). The van der Waals surface area contributed by atoms with Crippen LogP contribution in [-0.4, -0.2) is 38.8 Å². The van der Waals surface area contributed by atoms with E-state index >= 15 is 0 Å². The third kappa shape index (κ3) is 5.04. The monoisotopic (exact) mass is 481 g/mol. The number of nitrogens with one attached hydrogen (secondary N) is 1. The van der Waals surface area contributed by atoms with E-state index in [1.165, 1.54) is 11.7 Å². The molecule has 0 aliphatic rings. The van der Waals surface area contributed by atoms with Crippen LogP contribution in [-0.2, 0) is 11.2 Å². The Bertz CT molecular complexity index is 1360. The Morgan fingerprint density at radius 1 is 1.12 bits per heavy atom. The van der Waals surface area contributed by atoms with Crippen LogP contribution in [0.4, 0.5) is 5.69 Å². The molecule has 2 heterocycles. The molecule has 0 aliphatic heterocycles. The van der Waals surface area contributed by atoms with Crippen molar-refractivity contribution in [3.05, 3.63) is 76.1 Å². The number of nitrogens with zero attached hydrogens (tertiary/aromatic N) is 4. The molecule has 1 N–H and O–H groups in total. The summed E-state index contributed by atoms with van der Waals surface area (Å²) in [5.74, 6) is 1.75. The van der Waals surface area contributed by atoms with E-state index in [0.717, 1.165) is 5.75 Å². The van der Waals surface area contributed by atoms with Gasteiger partial charge in [-0.3, -0.25) is 18.6 Å². The van der Waals surface area contributed by atoms with Crippen molar-refractivity contribution >= 4 is 28.8 Å². The number of aromatic nitrogens is 4. The summed E-state index contributed by atoms with van der Waals surface area (Å²) in [5.41, 5.74) is 1.25. The number of rotatable bonds is 9. The van der Waals surface area contributed by atoms with Crippen molar-refractivity contribution < 1.29 is 14.3 Å². The van der Waals surface area contributed by atoms with Gasteiger partial charge in [0.1, 0.15) is 17.3 Å². The zero-order valence-electron chi connectivity index (χ0n) is 18.8. The van der Waals surface area contributed by atoms with Gasteiger partial charge in [0.25, 0.3) is 0 Å². The predicted octanol–water partition coefficient (Wildman–Crippen LogP) is 3.90. The summed E-state index contributed by atoms with van der Waals surface area (Å²) in [6, 6.07) is 12.3. The number of halogens is 1. The van der Waals surface area contributed by atoms with Crippen molar-refractivity contribution in [2.45, 2.75) is 26.2 Å². The fraction of sp³-hybridized carbons (Fsp3) is 0.250.